The van der Waals surface area contributed by atoms with Crippen LogP contribution in [0.15, 0.2) is 24.3 Å². The summed E-state index contributed by atoms with van der Waals surface area (Å²) in [6.45, 7) is 4.99. The molecule has 0 bridgehead atoms. The topological polar surface area (TPSA) is 95.9 Å². The summed E-state index contributed by atoms with van der Waals surface area (Å²) >= 11 is 0. The molecule has 3 N–H and O–H groups in total. The third-order valence-electron chi connectivity index (χ3n) is 19.0. The Morgan fingerprint density at radius 2 is 0.540 bits per heavy atom. The molecule has 0 heterocycles. The average molecular weight is 1230 g/mol. The molecule has 0 saturated carbocycles. The number of hydrogen-bond donors (Lipinski definition) is 3. The van der Waals surface area contributed by atoms with Crippen molar-refractivity contribution in [2.75, 3.05) is 13.2 Å². The van der Waals surface area contributed by atoms with Crippen molar-refractivity contribution in [2.24, 2.45) is 0 Å². The predicted molar refractivity (Wildman–Crippen MR) is 384 cm³/mol. The highest BCUT2D eigenvalue weighted by molar-refractivity contribution is 5.76. The van der Waals surface area contributed by atoms with Gasteiger partial charge in [0.25, 0.3) is 0 Å². The SMILES string of the molecule is CCCCCC/C=C\CCCCCCCC(=O)OCCCCCCCCCCCCCCCC/C=C\CCCCCCCCCCCCCCCCCCCC(=O)NC(CO)C(O)CCCCCCCCCCCCCCCCCCCCCCCC. The van der Waals surface area contributed by atoms with Gasteiger partial charge in [-0.2, -0.15) is 0 Å². The first-order valence-corrected chi connectivity index (χ1v) is 40.1. The lowest BCUT2D eigenvalue weighted by Gasteiger charge is -2.22. The largest absolute Gasteiger partial charge is 0.466 e. The second-order valence-corrected chi connectivity index (χ2v) is 27.7. The number of aliphatic hydroxyl groups excluding tert-OH is 2. The molecule has 0 radical (unpaired) electrons. The fourth-order valence-corrected chi connectivity index (χ4v) is 12.9. The van der Waals surface area contributed by atoms with Crippen molar-refractivity contribution < 1.29 is 24.5 Å². The summed E-state index contributed by atoms with van der Waals surface area (Å²) in [6, 6.07) is -0.540. The van der Waals surface area contributed by atoms with Gasteiger partial charge >= 0.3 is 5.97 Å². The van der Waals surface area contributed by atoms with E-state index in [0.29, 0.717) is 25.9 Å². The molecule has 0 rings (SSSR count). The predicted octanol–water partition coefficient (Wildman–Crippen LogP) is 26.4. The fourth-order valence-electron chi connectivity index (χ4n) is 12.9. The van der Waals surface area contributed by atoms with Crippen molar-refractivity contribution in [3.8, 4) is 0 Å². The van der Waals surface area contributed by atoms with Crippen molar-refractivity contribution in [1.29, 1.82) is 0 Å². The van der Waals surface area contributed by atoms with E-state index < -0.39 is 12.1 Å². The van der Waals surface area contributed by atoms with Gasteiger partial charge < -0.3 is 20.3 Å². The van der Waals surface area contributed by atoms with E-state index in [1.807, 2.05) is 0 Å². The zero-order valence-corrected chi connectivity index (χ0v) is 59.3. The molecule has 516 valence electrons. The highest BCUT2D eigenvalue weighted by Gasteiger charge is 2.20. The number of aliphatic hydroxyl groups is 2. The van der Waals surface area contributed by atoms with Crippen LogP contribution in [-0.4, -0.2) is 47.4 Å². The molecular formula is C81H157NO5. The van der Waals surface area contributed by atoms with Crippen LogP contribution in [0.4, 0.5) is 0 Å². The van der Waals surface area contributed by atoms with Gasteiger partial charge in [-0.1, -0.05) is 391 Å². The summed E-state index contributed by atoms with van der Waals surface area (Å²) in [5.74, 6) is -0.0140. The summed E-state index contributed by atoms with van der Waals surface area (Å²) in [6.07, 6.45) is 98.5. The van der Waals surface area contributed by atoms with E-state index in [2.05, 4.69) is 43.5 Å². The van der Waals surface area contributed by atoms with Gasteiger partial charge in [0.2, 0.25) is 5.91 Å². The highest BCUT2D eigenvalue weighted by atomic mass is 16.5. The van der Waals surface area contributed by atoms with Crippen molar-refractivity contribution >= 4 is 11.9 Å². The van der Waals surface area contributed by atoms with Gasteiger partial charge in [0, 0.05) is 12.8 Å². The van der Waals surface area contributed by atoms with Gasteiger partial charge in [-0.25, -0.2) is 0 Å². The second kappa shape index (κ2) is 76.8. The summed E-state index contributed by atoms with van der Waals surface area (Å²) in [7, 11) is 0. The third kappa shape index (κ3) is 73.3. The van der Waals surface area contributed by atoms with Crippen LogP contribution < -0.4 is 5.32 Å². The number of carbonyl (C=O) groups is 2. The number of allylic oxidation sites excluding steroid dienone is 4. The van der Waals surface area contributed by atoms with E-state index in [1.54, 1.807) is 0 Å². The lowest BCUT2D eigenvalue weighted by Crippen LogP contribution is -2.45. The smallest absolute Gasteiger partial charge is 0.305 e. The zero-order valence-electron chi connectivity index (χ0n) is 59.3. The first-order chi connectivity index (χ1) is 43.0. The van der Waals surface area contributed by atoms with Gasteiger partial charge in [0.05, 0.1) is 25.4 Å². The molecule has 0 aliphatic rings. The number of carbonyl (C=O) groups excluding carboxylic acids is 2. The minimum atomic E-state index is -0.663. The van der Waals surface area contributed by atoms with E-state index in [-0.39, 0.29) is 18.5 Å². The Morgan fingerprint density at radius 3 is 0.828 bits per heavy atom. The van der Waals surface area contributed by atoms with E-state index >= 15 is 0 Å². The van der Waals surface area contributed by atoms with Crippen LogP contribution in [0.1, 0.15) is 457 Å². The zero-order chi connectivity index (χ0) is 62.8. The maximum atomic E-state index is 12.6. The highest BCUT2D eigenvalue weighted by Crippen LogP contribution is 2.20. The van der Waals surface area contributed by atoms with Gasteiger partial charge in [-0.05, 0) is 77.0 Å². The molecule has 0 aliphatic carbocycles. The van der Waals surface area contributed by atoms with Crippen LogP contribution in [0.3, 0.4) is 0 Å². The molecule has 0 saturated heterocycles. The molecule has 6 heteroatoms. The third-order valence-corrected chi connectivity index (χ3v) is 19.0. The lowest BCUT2D eigenvalue weighted by molar-refractivity contribution is -0.143. The summed E-state index contributed by atoms with van der Waals surface area (Å²) in [5.41, 5.74) is 0. The number of rotatable bonds is 76. The van der Waals surface area contributed by atoms with Crippen LogP contribution in [0.5, 0.6) is 0 Å². The van der Waals surface area contributed by atoms with Crippen LogP contribution >= 0.6 is 0 Å². The molecule has 87 heavy (non-hydrogen) atoms. The van der Waals surface area contributed by atoms with E-state index in [0.717, 1.165) is 44.9 Å². The maximum absolute atomic E-state index is 12.6. The number of hydrogen-bond acceptors (Lipinski definition) is 5. The summed E-state index contributed by atoms with van der Waals surface area (Å²) < 4.78 is 5.49. The molecule has 6 nitrogen and oxygen atoms in total. The average Bonchev–Trinajstić information content (AvgIpc) is 3.54. The van der Waals surface area contributed by atoms with E-state index in [4.69, 9.17) is 4.74 Å². The van der Waals surface area contributed by atoms with Crippen LogP contribution in [0.2, 0.25) is 0 Å². The fraction of sp³-hybridized carbons (Fsp3) is 0.926. The number of nitrogens with one attached hydrogen (secondary N) is 1. The minimum Gasteiger partial charge on any atom is -0.466 e. The standard InChI is InChI=1S/C81H157NO5/c1-3-5-7-9-11-13-15-17-18-19-20-21-37-40-43-46-50-53-57-61-65-69-73-79(84)78(77-83)82-80(85)74-70-66-62-58-54-51-47-44-41-38-35-33-31-29-27-25-23-22-24-26-28-30-32-34-36-39-42-45-48-52-56-60-64-68-72-76-87-81(86)75-71-67-63-59-55-49-16-14-12-10-8-6-4-2/h14,16,24,26,78-79,83-84H,3-13,15,17-23,25,27-77H2,1-2H3,(H,82,85)/b16-14-,26-24-. The quantitative estimate of drug-likeness (QED) is 0.0320. The van der Waals surface area contributed by atoms with Crippen molar-refractivity contribution in [2.45, 2.75) is 469 Å². The monoisotopic (exact) mass is 1220 g/mol. The van der Waals surface area contributed by atoms with Crippen LogP contribution in [-0.2, 0) is 14.3 Å². The normalized spacial score (nSPS) is 12.6. The Bertz CT molecular complexity index is 1360. The summed E-state index contributed by atoms with van der Waals surface area (Å²) in [4.78, 5) is 24.6. The van der Waals surface area contributed by atoms with Crippen molar-refractivity contribution in [3.05, 3.63) is 24.3 Å². The van der Waals surface area contributed by atoms with E-state index in [9.17, 15) is 19.8 Å². The molecule has 0 aromatic carbocycles. The second-order valence-electron chi connectivity index (χ2n) is 27.7. The number of amides is 1. The molecule has 2 unspecified atom stereocenters. The Balaban J connectivity index is 3.34. The molecular weight excluding hydrogens is 1070 g/mol. The van der Waals surface area contributed by atoms with Crippen LogP contribution in [0.25, 0.3) is 0 Å². The molecule has 0 aromatic heterocycles. The van der Waals surface area contributed by atoms with Crippen LogP contribution in [0, 0.1) is 0 Å². The molecule has 0 fully saturated rings. The maximum Gasteiger partial charge on any atom is 0.305 e. The number of unbranched alkanes of at least 4 members (excludes halogenated alkanes) is 61. The minimum absolute atomic E-state index is 0.0118. The lowest BCUT2D eigenvalue weighted by atomic mass is 10.0. The molecule has 2 atom stereocenters. The van der Waals surface area contributed by atoms with Gasteiger partial charge in [0.1, 0.15) is 0 Å². The molecule has 0 spiro atoms. The number of esters is 1. The van der Waals surface area contributed by atoms with Crippen molar-refractivity contribution in [1.82, 2.24) is 5.32 Å². The van der Waals surface area contributed by atoms with Crippen molar-refractivity contribution in [3.63, 3.8) is 0 Å². The Morgan fingerprint density at radius 1 is 0.310 bits per heavy atom. The molecule has 1 amide bonds. The Labute approximate surface area is 545 Å². The van der Waals surface area contributed by atoms with Gasteiger partial charge in [-0.15, -0.1) is 0 Å². The Kier molecular flexibility index (Phi) is 75.3. The first-order valence-electron chi connectivity index (χ1n) is 40.1. The van der Waals surface area contributed by atoms with Gasteiger partial charge in [0.15, 0.2) is 0 Å². The van der Waals surface area contributed by atoms with E-state index in [1.165, 1.54) is 379 Å². The molecule has 0 aromatic rings. The first kappa shape index (κ1) is 85.3. The molecule has 0 aliphatic heterocycles. The summed E-state index contributed by atoms with van der Waals surface area (Å²) in [5, 5.41) is 23.5. The Hall–Kier alpha value is -1.66. The number of ether oxygens (including phenoxy) is 1. The van der Waals surface area contributed by atoms with Gasteiger partial charge in [-0.3, -0.25) is 9.59 Å².